The van der Waals surface area contributed by atoms with Crippen LogP contribution in [0.2, 0.25) is 0 Å². The molecule has 4 fully saturated rings. The quantitative estimate of drug-likeness (QED) is 0.866. The molecule has 4 bridgehead atoms. The lowest BCUT2D eigenvalue weighted by Gasteiger charge is -2.53. The van der Waals surface area contributed by atoms with Crippen LogP contribution in [-0.4, -0.2) is 23.0 Å². The number of hydrogen-bond donors (Lipinski definition) is 1. The summed E-state index contributed by atoms with van der Waals surface area (Å²) in [5, 5.41) is 0. The first-order chi connectivity index (χ1) is 10.2. The Balaban J connectivity index is 1.47. The summed E-state index contributed by atoms with van der Waals surface area (Å²) < 4.78 is 4.70. The van der Waals surface area contributed by atoms with E-state index in [0.29, 0.717) is 18.8 Å². The summed E-state index contributed by atoms with van der Waals surface area (Å²) in [4.78, 5) is 19.4. The fourth-order valence-electron chi connectivity index (χ4n) is 5.38. The van der Waals surface area contributed by atoms with Gasteiger partial charge in [0.15, 0.2) is 0 Å². The Morgan fingerprint density at radius 2 is 1.90 bits per heavy atom. The van der Waals surface area contributed by atoms with E-state index in [9.17, 15) is 4.79 Å². The molecular weight excluding hydrogens is 264 g/mol. The maximum atomic E-state index is 11.2. The minimum absolute atomic E-state index is 0.152. The number of nitrogens with zero attached hydrogens (tertiary/aromatic N) is 1. The first-order valence-corrected chi connectivity index (χ1v) is 8.33. The van der Waals surface area contributed by atoms with Crippen LogP contribution in [0.1, 0.15) is 56.0 Å². The molecular formula is C17H24N2O2. The van der Waals surface area contributed by atoms with Gasteiger partial charge in [-0.1, -0.05) is 0 Å². The number of carbonyl (C=O) groups is 1. The van der Waals surface area contributed by atoms with E-state index in [1.54, 1.807) is 0 Å². The maximum Gasteiger partial charge on any atom is 0.305 e. The third kappa shape index (κ3) is 2.39. The van der Waals surface area contributed by atoms with Gasteiger partial charge in [-0.15, -0.1) is 0 Å². The largest absolute Gasteiger partial charge is 0.469 e. The molecule has 0 aliphatic heterocycles. The predicted octanol–water partition coefficient (Wildman–Crippen LogP) is 3.06. The van der Waals surface area contributed by atoms with Crippen molar-refractivity contribution in [3.05, 3.63) is 17.7 Å². The Bertz CT molecular complexity index is 509. The number of aromatic nitrogens is 2. The number of hydrogen-bond acceptors (Lipinski definition) is 3. The van der Waals surface area contributed by atoms with Crippen molar-refractivity contribution in [1.29, 1.82) is 0 Å². The molecule has 5 rings (SSSR count). The van der Waals surface area contributed by atoms with Crippen molar-refractivity contribution >= 4 is 5.97 Å². The second kappa shape index (κ2) is 5.15. The molecule has 1 heterocycles. The van der Waals surface area contributed by atoms with E-state index in [-0.39, 0.29) is 5.97 Å². The van der Waals surface area contributed by atoms with E-state index in [4.69, 9.17) is 4.74 Å². The van der Waals surface area contributed by atoms with Crippen LogP contribution in [0.25, 0.3) is 0 Å². The zero-order valence-electron chi connectivity index (χ0n) is 12.7. The topological polar surface area (TPSA) is 55.0 Å². The molecule has 0 unspecified atom stereocenters. The molecule has 0 atom stereocenters. The number of imidazole rings is 1. The number of ether oxygens (including phenoxy) is 1. The number of rotatable bonds is 4. The van der Waals surface area contributed by atoms with Gasteiger partial charge in [-0.2, -0.15) is 0 Å². The van der Waals surface area contributed by atoms with Crippen LogP contribution in [0.15, 0.2) is 6.20 Å². The Labute approximate surface area is 125 Å². The highest BCUT2D eigenvalue weighted by Crippen LogP contribution is 2.59. The molecule has 0 radical (unpaired) electrons. The average Bonchev–Trinajstić information content (AvgIpc) is 2.92. The molecule has 1 aromatic heterocycles. The van der Waals surface area contributed by atoms with E-state index in [0.717, 1.165) is 29.4 Å². The van der Waals surface area contributed by atoms with Gasteiger partial charge in [0.05, 0.1) is 13.5 Å². The summed E-state index contributed by atoms with van der Waals surface area (Å²) in [6.45, 7) is 0. The Morgan fingerprint density at radius 1 is 1.24 bits per heavy atom. The van der Waals surface area contributed by atoms with Gasteiger partial charge in [-0.3, -0.25) is 4.79 Å². The van der Waals surface area contributed by atoms with Crippen LogP contribution < -0.4 is 0 Å². The van der Waals surface area contributed by atoms with Crippen LogP contribution in [0.3, 0.4) is 0 Å². The van der Waals surface area contributed by atoms with Crippen LogP contribution >= 0.6 is 0 Å². The zero-order chi connectivity index (χ0) is 14.4. The van der Waals surface area contributed by atoms with E-state index in [2.05, 4.69) is 9.97 Å². The van der Waals surface area contributed by atoms with Gasteiger partial charge >= 0.3 is 5.97 Å². The number of aryl methyl sites for hydroxylation is 1. The van der Waals surface area contributed by atoms with Gasteiger partial charge in [0.1, 0.15) is 5.82 Å². The summed E-state index contributed by atoms with van der Waals surface area (Å²) in [5.41, 5.74) is 1.07. The zero-order valence-corrected chi connectivity index (χ0v) is 12.7. The van der Waals surface area contributed by atoms with Crippen molar-refractivity contribution in [3.63, 3.8) is 0 Å². The van der Waals surface area contributed by atoms with Crippen LogP contribution in [0.4, 0.5) is 0 Å². The molecule has 4 aliphatic carbocycles. The molecule has 4 saturated carbocycles. The third-order valence-electron chi connectivity index (χ3n) is 6.02. The SMILES string of the molecule is COC(=O)CCc1cnc(C2C3CC4CC(C3)CC2C4)[nH]1. The van der Waals surface area contributed by atoms with Crippen molar-refractivity contribution in [2.24, 2.45) is 23.7 Å². The van der Waals surface area contributed by atoms with Gasteiger partial charge < -0.3 is 9.72 Å². The Morgan fingerprint density at radius 3 is 2.52 bits per heavy atom. The summed E-state index contributed by atoms with van der Waals surface area (Å²) in [5.74, 6) is 5.37. The molecule has 4 nitrogen and oxygen atoms in total. The average molecular weight is 288 g/mol. The number of carbonyl (C=O) groups excluding carboxylic acids is 1. The van der Waals surface area contributed by atoms with Gasteiger partial charge in [-0.25, -0.2) is 4.98 Å². The fourth-order valence-corrected chi connectivity index (χ4v) is 5.38. The van der Waals surface area contributed by atoms with Gasteiger partial charge in [0.25, 0.3) is 0 Å². The summed E-state index contributed by atoms with van der Waals surface area (Å²) in [6, 6.07) is 0. The monoisotopic (exact) mass is 288 g/mol. The van der Waals surface area contributed by atoms with E-state index in [1.807, 2.05) is 6.20 Å². The van der Waals surface area contributed by atoms with Gasteiger partial charge in [0, 0.05) is 17.8 Å². The summed E-state index contributed by atoms with van der Waals surface area (Å²) in [7, 11) is 1.44. The molecule has 1 aromatic rings. The molecule has 114 valence electrons. The second-order valence-corrected chi connectivity index (χ2v) is 7.33. The molecule has 0 aromatic carbocycles. The van der Waals surface area contributed by atoms with Gasteiger partial charge in [-0.05, 0) is 62.2 Å². The van der Waals surface area contributed by atoms with Gasteiger partial charge in [0.2, 0.25) is 0 Å². The first kappa shape index (κ1) is 13.4. The second-order valence-electron chi connectivity index (χ2n) is 7.33. The number of H-pyrrole nitrogens is 1. The summed E-state index contributed by atoms with van der Waals surface area (Å²) in [6.07, 6.45) is 10.2. The van der Waals surface area contributed by atoms with Crippen molar-refractivity contribution in [2.45, 2.75) is 50.9 Å². The highest BCUT2D eigenvalue weighted by molar-refractivity contribution is 5.69. The lowest BCUT2D eigenvalue weighted by molar-refractivity contribution is -0.140. The first-order valence-electron chi connectivity index (χ1n) is 8.33. The van der Waals surface area contributed by atoms with E-state index >= 15 is 0 Å². The Kier molecular flexibility index (Phi) is 3.27. The van der Waals surface area contributed by atoms with Crippen LogP contribution in [0, 0.1) is 23.7 Å². The summed E-state index contributed by atoms with van der Waals surface area (Å²) >= 11 is 0. The number of nitrogens with one attached hydrogen (secondary N) is 1. The van der Waals surface area contributed by atoms with Crippen molar-refractivity contribution < 1.29 is 9.53 Å². The molecule has 1 N–H and O–H groups in total. The van der Waals surface area contributed by atoms with E-state index < -0.39 is 0 Å². The minimum atomic E-state index is -0.152. The van der Waals surface area contributed by atoms with Crippen LogP contribution in [-0.2, 0) is 16.0 Å². The van der Waals surface area contributed by atoms with E-state index in [1.165, 1.54) is 45.0 Å². The predicted molar refractivity (Wildman–Crippen MR) is 78.7 cm³/mol. The van der Waals surface area contributed by atoms with Crippen molar-refractivity contribution in [3.8, 4) is 0 Å². The normalized spacial score (nSPS) is 36.9. The van der Waals surface area contributed by atoms with Crippen molar-refractivity contribution in [1.82, 2.24) is 9.97 Å². The molecule has 0 amide bonds. The number of esters is 1. The molecule has 4 heteroatoms. The smallest absolute Gasteiger partial charge is 0.305 e. The number of aromatic amines is 1. The third-order valence-corrected chi connectivity index (χ3v) is 6.02. The van der Waals surface area contributed by atoms with Crippen LogP contribution in [0.5, 0.6) is 0 Å². The lowest BCUT2D eigenvalue weighted by Crippen LogP contribution is -2.44. The highest BCUT2D eigenvalue weighted by atomic mass is 16.5. The molecule has 21 heavy (non-hydrogen) atoms. The minimum Gasteiger partial charge on any atom is -0.469 e. The lowest BCUT2D eigenvalue weighted by atomic mass is 9.52. The molecule has 0 saturated heterocycles. The molecule has 4 aliphatic rings. The fraction of sp³-hybridized carbons (Fsp3) is 0.765. The maximum absolute atomic E-state index is 11.2. The number of methoxy groups -OCH3 is 1. The standard InChI is InChI=1S/C17H24N2O2/c1-21-15(20)3-2-14-9-18-17(19-14)16-12-5-10-4-11(7-12)8-13(16)6-10/h9-13,16H,2-8H2,1H3,(H,18,19). The highest BCUT2D eigenvalue weighted by Gasteiger charge is 2.49. The Hall–Kier alpha value is -1.32. The van der Waals surface area contributed by atoms with Crippen molar-refractivity contribution in [2.75, 3.05) is 7.11 Å². The molecule has 0 spiro atoms.